The number of phenolic OH excluding ortho intramolecular Hbond substituents is 1. The average Bonchev–Trinajstić information content (AvgIpc) is 3.41. The number of carbonyl (C=O) groups excluding carboxylic acids is 2. The third kappa shape index (κ3) is 4.00. The van der Waals surface area contributed by atoms with Crippen LogP contribution in [0.3, 0.4) is 0 Å². The molecule has 0 unspecified atom stereocenters. The minimum absolute atomic E-state index is 0.0446. The monoisotopic (exact) mass is 431 g/mol. The number of phenols is 1. The van der Waals surface area contributed by atoms with Crippen molar-refractivity contribution >= 4 is 17.8 Å². The van der Waals surface area contributed by atoms with Crippen LogP contribution in [0, 0.1) is 0 Å². The highest BCUT2D eigenvalue weighted by Crippen LogP contribution is 2.41. The summed E-state index contributed by atoms with van der Waals surface area (Å²) < 4.78 is 10.6. The third-order valence-corrected chi connectivity index (χ3v) is 5.22. The van der Waals surface area contributed by atoms with E-state index in [4.69, 9.17) is 9.15 Å². The van der Waals surface area contributed by atoms with Gasteiger partial charge in [0.15, 0.2) is 23.0 Å². The van der Waals surface area contributed by atoms with Gasteiger partial charge in [0.2, 0.25) is 0 Å². The number of aromatic hydroxyl groups is 1. The largest absolute Gasteiger partial charge is 0.504 e. The van der Waals surface area contributed by atoms with Gasteiger partial charge in [-0.1, -0.05) is 42.5 Å². The Balaban J connectivity index is 1.75. The van der Waals surface area contributed by atoms with Crippen molar-refractivity contribution < 1.29 is 29.0 Å². The molecule has 1 atom stereocenters. The first-order valence-corrected chi connectivity index (χ1v) is 9.90. The zero-order valence-corrected chi connectivity index (χ0v) is 17.3. The van der Waals surface area contributed by atoms with E-state index in [2.05, 4.69) is 0 Å². The Bertz CT molecular complexity index is 1190. The molecule has 7 heteroatoms. The summed E-state index contributed by atoms with van der Waals surface area (Å²) >= 11 is 0. The Morgan fingerprint density at radius 2 is 1.91 bits per heavy atom. The minimum Gasteiger partial charge on any atom is -0.504 e. The SMILES string of the molecule is COc1cc([C@@H]2C(C(=O)/C=C\c3ccccc3)=C(O)C(=O)N2Cc2ccco2)ccc1O. The number of carbonyl (C=O) groups is 2. The van der Waals surface area contributed by atoms with Crippen LogP contribution < -0.4 is 4.74 Å². The molecule has 3 aromatic rings. The molecule has 32 heavy (non-hydrogen) atoms. The van der Waals surface area contributed by atoms with E-state index in [1.807, 2.05) is 30.3 Å². The number of aliphatic hydroxyl groups excluding tert-OH is 1. The Morgan fingerprint density at radius 3 is 2.59 bits per heavy atom. The number of hydrogen-bond donors (Lipinski definition) is 2. The highest BCUT2D eigenvalue weighted by atomic mass is 16.5. The molecule has 0 spiro atoms. The van der Waals surface area contributed by atoms with E-state index in [0.717, 1.165) is 5.56 Å². The maximum absolute atomic E-state index is 13.1. The van der Waals surface area contributed by atoms with Crippen molar-refractivity contribution in [2.24, 2.45) is 0 Å². The van der Waals surface area contributed by atoms with Crippen LogP contribution in [0.25, 0.3) is 6.08 Å². The summed E-state index contributed by atoms with van der Waals surface area (Å²) in [6.45, 7) is 0.0446. The maximum atomic E-state index is 13.1. The molecule has 0 bridgehead atoms. The molecule has 0 saturated heterocycles. The number of rotatable bonds is 7. The van der Waals surface area contributed by atoms with E-state index in [9.17, 15) is 19.8 Å². The van der Waals surface area contributed by atoms with Crippen molar-refractivity contribution in [3.8, 4) is 11.5 Å². The Kier molecular flexibility index (Phi) is 5.81. The third-order valence-electron chi connectivity index (χ3n) is 5.22. The zero-order valence-electron chi connectivity index (χ0n) is 17.3. The number of hydrogen-bond acceptors (Lipinski definition) is 6. The number of ether oxygens (including phenoxy) is 1. The molecule has 0 saturated carbocycles. The number of allylic oxidation sites excluding steroid dienone is 1. The quantitative estimate of drug-likeness (QED) is 0.545. The predicted octanol–water partition coefficient (Wildman–Crippen LogP) is 4.17. The van der Waals surface area contributed by atoms with Gasteiger partial charge in [-0.2, -0.15) is 0 Å². The van der Waals surface area contributed by atoms with Crippen LogP contribution in [-0.2, 0) is 16.1 Å². The minimum atomic E-state index is -0.893. The van der Waals surface area contributed by atoms with Crippen molar-refractivity contribution in [1.82, 2.24) is 4.90 Å². The van der Waals surface area contributed by atoms with E-state index in [1.165, 1.54) is 36.5 Å². The van der Waals surface area contributed by atoms with Crippen molar-refractivity contribution in [3.63, 3.8) is 0 Å². The second kappa shape index (κ2) is 8.85. The van der Waals surface area contributed by atoms with Crippen LogP contribution in [0.1, 0.15) is 22.9 Å². The maximum Gasteiger partial charge on any atom is 0.290 e. The number of methoxy groups -OCH3 is 1. The first-order valence-electron chi connectivity index (χ1n) is 9.90. The lowest BCUT2D eigenvalue weighted by Gasteiger charge is -2.26. The molecular weight excluding hydrogens is 410 g/mol. The molecule has 1 aromatic heterocycles. The topological polar surface area (TPSA) is 100 Å². The molecule has 1 aliphatic rings. The van der Waals surface area contributed by atoms with Gasteiger partial charge < -0.3 is 24.3 Å². The molecule has 0 fully saturated rings. The normalized spacial score (nSPS) is 16.2. The molecule has 1 amide bonds. The van der Waals surface area contributed by atoms with E-state index in [1.54, 1.807) is 24.3 Å². The number of ketones is 1. The molecule has 162 valence electrons. The standard InChI is InChI=1S/C25H21NO6/c1-31-21-14-17(10-12-19(21)27)23-22(20(28)11-9-16-6-3-2-4-7-16)24(29)25(30)26(23)15-18-8-5-13-32-18/h2-14,23,27,29H,15H2,1H3/b11-9-/t23-/m1/s1. The van der Waals surface area contributed by atoms with Crippen LogP contribution in [-0.4, -0.2) is 33.9 Å². The summed E-state index contributed by atoms with van der Waals surface area (Å²) in [6, 6.07) is 16.3. The highest BCUT2D eigenvalue weighted by Gasteiger charge is 2.43. The predicted molar refractivity (Wildman–Crippen MR) is 117 cm³/mol. The molecular formula is C25H21NO6. The van der Waals surface area contributed by atoms with Crippen molar-refractivity contribution in [3.05, 3.63) is 101 Å². The molecule has 2 N–H and O–H groups in total. The fraction of sp³-hybridized carbons (Fsp3) is 0.120. The lowest BCUT2D eigenvalue weighted by atomic mass is 9.95. The van der Waals surface area contributed by atoms with Gasteiger partial charge in [-0.25, -0.2) is 0 Å². The van der Waals surface area contributed by atoms with Crippen LogP contribution in [0.4, 0.5) is 0 Å². The Labute approximate surface area is 184 Å². The van der Waals surface area contributed by atoms with E-state index in [-0.39, 0.29) is 23.6 Å². The van der Waals surface area contributed by atoms with Gasteiger partial charge in [-0.15, -0.1) is 0 Å². The number of nitrogens with zero attached hydrogens (tertiary/aromatic N) is 1. The van der Waals surface area contributed by atoms with E-state index >= 15 is 0 Å². The fourth-order valence-electron chi connectivity index (χ4n) is 3.68. The summed E-state index contributed by atoms with van der Waals surface area (Å²) in [7, 11) is 1.40. The molecule has 1 aliphatic heterocycles. The van der Waals surface area contributed by atoms with Crippen LogP contribution in [0.15, 0.2) is 88.8 Å². The number of furan rings is 1. The summed E-state index contributed by atoms with van der Waals surface area (Å²) in [5.41, 5.74) is 1.25. The Hall–Kier alpha value is -4.26. The van der Waals surface area contributed by atoms with Gasteiger partial charge in [-0.3, -0.25) is 9.59 Å². The van der Waals surface area contributed by atoms with Crippen LogP contribution in [0.2, 0.25) is 0 Å². The van der Waals surface area contributed by atoms with Gasteiger partial charge >= 0.3 is 0 Å². The van der Waals surface area contributed by atoms with Crippen molar-refractivity contribution in [1.29, 1.82) is 0 Å². The van der Waals surface area contributed by atoms with Crippen molar-refractivity contribution in [2.45, 2.75) is 12.6 Å². The number of amides is 1. The lowest BCUT2D eigenvalue weighted by molar-refractivity contribution is -0.130. The first-order chi connectivity index (χ1) is 15.5. The second-order valence-corrected chi connectivity index (χ2v) is 7.22. The van der Waals surface area contributed by atoms with Crippen LogP contribution >= 0.6 is 0 Å². The molecule has 0 aliphatic carbocycles. The fourth-order valence-corrected chi connectivity index (χ4v) is 3.68. The second-order valence-electron chi connectivity index (χ2n) is 7.22. The smallest absolute Gasteiger partial charge is 0.290 e. The lowest BCUT2D eigenvalue weighted by Crippen LogP contribution is -2.30. The summed E-state index contributed by atoms with van der Waals surface area (Å²) in [4.78, 5) is 27.4. The van der Waals surface area contributed by atoms with Crippen molar-refractivity contribution in [2.75, 3.05) is 7.11 Å². The van der Waals surface area contributed by atoms with Crippen LogP contribution in [0.5, 0.6) is 11.5 Å². The number of benzene rings is 2. The summed E-state index contributed by atoms with van der Waals surface area (Å²) in [5, 5.41) is 20.6. The van der Waals surface area contributed by atoms with Gasteiger partial charge in [0, 0.05) is 0 Å². The highest BCUT2D eigenvalue weighted by molar-refractivity contribution is 6.14. The van der Waals surface area contributed by atoms with Gasteiger partial charge in [0.05, 0.1) is 31.5 Å². The molecule has 2 heterocycles. The molecule has 0 radical (unpaired) electrons. The number of aliphatic hydroxyl groups is 1. The molecule has 2 aromatic carbocycles. The van der Waals surface area contributed by atoms with E-state index in [0.29, 0.717) is 11.3 Å². The average molecular weight is 431 g/mol. The summed E-state index contributed by atoms with van der Waals surface area (Å²) in [6.07, 6.45) is 4.43. The Morgan fingerprint density at radius 1 is 1.12 bits per heavy atom. The summed E-state index contributed by atoms with van der Waals surface area (Å²) in [5.74, 6) is -1.20. The van der Waals surface area contributed by atoms with Gasteiger partial charge in [-0.05, 0) is 41.5 Å². The molecule has 4 rings (SSSR count). The van der Waals surface area contributed by atoms with Gasteiger partial charge in [0.1, 0.15) is 5.76 Å². The first kappa shape index (κ1) is 21.0. The van der Waals surface area contributed by atoms with Gasteiger partial charge in [0.25, 0.3) is 5.91 Å². The zero-order chi connectivity index (χ0) is 22.7. The molecule has 7 nitrogen and oxygen atoms in total. The van der Waals surface area contributed by atoms with E-state index < -0.39 is 23.5 Å².